The van der Waals surface area contributed by atoms with Crippen molar-refractivity contribution < 1.29 is 24.2 Å². The Labute approximate surface area is 164 Å². The lowest BCUT2D eigenvalue weighted by molar-refractivity contribution is -0.129. The number of aliphatic hydroxyl groups excluding tert-OH is 1. The van der Waals surface area contributed by atoms with Crippen LogP contribution in [0.3, 0.4) is 0 Å². The van der Waals surface area contributed by atoms with Crippen molar-refractivity contribution in [2.45, 2.75) is 19.4 Å². The minimum Gasteiger partial charge on any atom is -0.503 e. The molecule has 2 aromatic carbocycles. The Kier molecular flexibility index (Phi) is 5.68. The number of amides is 1. The SMILES string of the molecule is COc1ccc(CCN2C(=O)C(O)=C(C(C)=O)C2c2ccccc2)cc1OC. The summed E-state index contributed by atoms with van der Waals surface area (Å²) in [7, 11) is 3.14. The molecule has 146 valence electrons. The van der Waals surface area contributed by atoms with Crippen molar-refractivity contribution in [1.82, 2.24) is 4.90 Å². The van der Waals surface area contributed by atoms with Gasteiger partial charge in [0.05, 0.1) is 25.8 Å². The second kappa shape index (κ2) is 8.17. The lowest BCUT2D eigenvalue weighted by Gasteiger charge is -2.26. The maximum absolute atomic E-state index is 12.7. The summed E-state index contributed by atoms with van der Waals surface area (Å²) in [5.41, 5.74) is 1.88. The molecule has 0 aromatic heterocycles. The van der Waals surface area contributed by atoms with Gasteiger partial charge in [0.15, 0.2) is 23.0 Å². The van der Waals surface area contributed by atoms with E-state index >= 15 is 0 Å². The van der Waals surface area contributed by atoms with E-state index in [0.29, 0.717) is 24.5 Å². The van der Waals surface area contributed by atoms with Crippen molar-refractivity contribution in [1.29, 1.82) is 0 Å². The fourth-order valence-electron chi connectivity index (χ4n) is 3.51. The predicted octanol–water partition coefficient (Wildman–Crippen LogP) is 3.23. The molecule has 28 heavy (non-hydrogen) atoms. The third-order valence-corrected chi connectivity index (χ3v) is 4.89. The van der Waals surface area contributed by atoms with Crippen LogP contribution in [0, 0.1) is 0 Å². The van der Waals surface area contributed by atoms with Gasteiger partial charge in [-0.25, -0.2) is 0 Å². The van der Waals surface area contributed by atoms with Crippen molar-refractivity contribution in [2.24, 2.45) is 0 Å². The number of aliphatic hydroxyl groups is 1. The van der Waals surface area contributed by atoms with Crippen molar-refractivity contribution >= 4 is 11.7 Å². The number of hydrogen-bond acceptors (Lipinski definition) is 5. The van der Waals surface area contributed by atoms with Crippen LogP contribution in [0.15, 0.2) is 59.9 Å². The second-order valence-corrected chi connectivity index (χ2v) is 6.57. The first-order valence-corrected chi connectivity index (χ1v) is 8.98. The van der Waals surface area contributed by atoms with Gasteiger partial charge in [-0.1, -0.05) is 36.4 Å². The first-order valence-electron chi connectivity index (χ1n) is 8.98. The molecule has 1 aliphatic rings. The molecule has 0 saturated heterocycles. The zero-order valence-corrected chi connectivity index (χ0v) is 16.1. The van der Waals surface area contributed by atoms with E-state index in [0.717, 1.165) is 11.1 Å². The highest BCUT2D eigenvalue weighted by molar-refractivity contribution is 6.08. The van der Waals surface area contributed by atoms with Gasteiger partial charge in [-0.3, -0.25) is 9.59 Å². The number of ketones is 1. The summed E-state index contributed by atoms with van der Waals surface area (Å²) in [6.07, 6.45) is 0.536. The zero-order valence-electron chi connectivity index (χ0n) is 16.1. The third kappa shape index (κ3) is 3.58. The van der Waals surface area contributed by atoms with Crippen molar-refractivity contribution in [3.63, 3.8) is 0 Å². The molecule has 6 heteroatoms. The minimum absolute atomic E-state index is 0.142. The molecule has 1 amide bonds. The lowest BCUT2D eigenvalue weighted by Crippen LogP contribution is -2.32. The van der Waals surface area contributed by atoms with Gasteiger partial charge < -0.3 is 19.5 Å². The number of carbonyl (C=O) groups excluding carboxylic acids is 2. The summed E-state index contributed by atoms with van der Waals surface area (Å²) in [5.74, 6) is -0.0666. The Morgan fingerprint density at radius 3 is 2.36 bits per heavy atom. The molecule has 0 saturated carbocycles. The summed E-state index contributed by atoms with van der Waals surface area (Å²) in [4.78, 5) is 26.3. The van der Waals surface area contributed by atoms with Gasteiger partial charge in [0, 0.05) is 6.54 Å². The van der Waals surface area contributed by atoms with Gasteiger partial charge >= 0.3 is 0 Å². The van der Waals surface area contributed by atoms with E-state index in [2.05, 4.69) is 0 Å². The normalized spacial score (nSPS) is 16.5. The van der Waals surface area contributed by atoms with Crippen molar-refractivity contribution in [2.75, 3.05) is 20.8 Å². The van der Waals surface area contributed by atoms with E-state index < -0.39 is 17.7 Å². The van der Waals surface area contributed by atoms with Crippen LogP contribution >= 0.6 is 0 Å². The molecule has 0 spiro atoms. The Morgan fingerprint density at radius 2 is 1.75 bits per heavy atom. The number of Topliss-reactive ketones (excluding diaryl/α,β-unsaturated/α-hetero) is 1. The Balaban J connectivity index is 1.88. The molecular weight excluding hydrogens is 358 g/mol. The van der Waals surface area contributed by atoms with Gasteiger partial charge in [0.25, 0.3) is 5.91 Å². The molecule has 0 aliphatic carbocycles. The molecule has 0 radical (unpaired) electrons. The second-order valence-electron chi connectivity index (χ2n) is 6.57. The highest BCUT2D eigenvalue weighted by atomic mass is 16.5. The van der Waals surface area contributed by atoms with E-state index in [1.807, 2.05) is 48.5 Å². The molecule has 3 rings (SSSR count). The summed E-state index contributed by atoms with van der Waals surface area (Å²) in [6.45, 7) is 1.71. The standard InChI is InChI=1S/C22H23NO5/c1-14(24)19-20(16-7-5-4-6-8-16)23(22(26)21(19)25)12-11-15-9-10-17(27-2)18(13-15)28-3/h4-10,13,20,25H,11-12H2,1-3H3. The van der Waals surface area contributed by atoms with Gasteiger partial charge in [0.2, 0.25) is 0 Å². The third-order valence-electron chi connectivity index (χ3n) is 4.89. The number of nitrogens with zero attached hydrogens (tertiary/aromatic N) is 1. The molecule has 1 N–H and O–H groups in total. The smallest absolute Gasteiger partial charge is 0.290 e. The number of ether oxygens (including phenoxy) is 2. The number of benzene rings is 2. The van der Waals surface area contributed by atoms with E-state index in [-0.39, 0.29) is 11.4 Å². The maximum atomic E-state index is 12.7. The fourth-order valence-corrected chi connectivity index (χ4v) is 3.51. The molecule has 6 nitrogen and oxygen atoms in total. The van der Waals surface area contributed by atoms with Crippen LogP contribution in [-0.2, 0) is 16.0 Å². The van der Waals surface area contributed by atoms with E-state index in [1.54, 1.807) is 14.2 Å². The first-order chi connectivity index (χ1) is 13.5. The summed E-state index contributed by atoms with van der Waals surface area (Å²) in [6, 6.07) is 14.2. The van der Waals surface area contributed by atoms with Gasteiger partial charge in [0.1, 0.15) is 0 Å². The fraction of sp³-hybridized carbons (Fsp3) is 0.273. The Bertz CT molecular complexity index is 920. The highest BCUT2D eigenvalue weighted by Crippen LogP contribution is 2.37. The summed E-state index contributed by atoms with van der Waals surface area (Å²) >= 11 is 0. The topological polar surface area (TPSA) is 76.1 Å². The van der Waals surface area contributed by atoms with Crippen molar-refractivity contribution in [3.05, 3.63) is 71.0 Å². The monoisotopic (exact) mass is 381 g/mol. The molecule has 2 aromatic rings. The Hall–Kier alpha value is -3.28. The van der Waals surface area contributed by atoms with Crippen LogP contribution < -0.4 is 9.47 Å². The van der Waals surface area contributed by atoms with Crippen LogP contribution in [0.5, 0.6) is 11.5 Å². The van der Waals surface area contributed by atoms with Crippen LogP contribution in [0.1, 0.15) is 24.1 Å². The number of rotatable bonds is 7. The quantitative estimate of drug-likeness (QED) is 0.797. The van der Waals surface area contributed by atoms with Crippen LogP contribution in [0.4, 0.5) is 0 Å². The van der Waals surface area contributed by atoms with E-state index in [4.69, 9.17) is 9.47 Å². The number of carbonyl (C=O) groups is 2. The molecule has 1 atom stereocenters. The molecule has 1 heterocycles. The average molecular weight is 381 g/mol. The molecule has 1 unspecified atom stereocenters. The summed E-state index contributed by atoms with van der Waals surface area (Å²) in [5, 5.41) is 10.3. The maximum Gasteiger partial charge on any atom is 0.290 e. The lowest BCUT2D eigenvalue weighted by atomic mass is 9.96. The van der Waals surface area contributed by atoms with Crippen LogP contribution in [-0.4, -0.2) is 42.5 Å². The van der Waals surface area contributed by atoms with Gasteiger partial charge in [-0.15, -0.1) is 0 Å². The predicted molar refractivity (Wildman–Crippen MR) is 104 cm³/mol. The minimum atomic E-state index is -0.591. The average Bonchev–Trinajstić information content (AvgIpc) is 2.97. The Morgan fingerprint density at radius 1 is 1.07 bits per heavy atom. The molecule has 0 fully saturated rings. The molecule has 1 aliphatic heterocycles. The van der Waals surface area contributed by atoms with E-state index in [1.165, 1.54) is 11.8 Å². The van der Waals surface area contributed by atoms with Gasteiger partial charge in [-0.2, -0.15) is 0 Å². The van der Waals surface area contributed by atoms with Crippen molar-refractivity contribution in [3.8, 4) is 11.5 Å². The van der Waals surface area contributed by atoms with Crippen LogP contribution in [0.25, 0.3) is 0 Å². The van der Waals surface area contributed by atoms with Gasteiger partial charge in [-0.05, 0) is 36.6 Å². The van der Waals surface area contributed by atoms with Crippen LogP contribution in [0.2, 0.25) is 0 Å². The largest absolute Gasteiger partial charge is 0.503 e. The molecule has 0 bridgehead atoms. The zero-order chi connectivity index (χ0) is 20.3. The highest BCUT2D eigenvalue weighted by Gasteiger charge is 2.41. The summed E-state index contributed by atoms with van der Waals surface area (Å²) < 4.78 is 10.6. The molecular formula is C22H23NO5. The number of hydrogen-bond donors (Lipinski definition) is 1. The first kappa shape index (κ1) is 19.5. The van der Waals surface area contributed by atoms with E-state index in [9.17, 15) is 14.7 Å². The number of methoxy groups -OCH3 is 2.